The lowest BCUT2D eigenvalue weighted by atomic mass is 10.3. The van der Waals surface area contributed by atoms with Crippen LogP contribution in [0.15, 0.2) is 59.3 Å². The van der Waals surface area contributed by atoms with Crippen LogP contribution < -0.4 is 10.6 Å². The normalized spacial score (nSPS) is 10.3. The highest BCUT2D eigenvalue weighted by Crippen LogP contribution is 2.05. The SMILES string of the molecule is O=C(NCc1ccco1)c1ccc(NCc2ccccn2)nn1. The van der Waals surface area contributed by atoms with E-state index < -0.39 is 0 Å². The van der Waals surface area contributed by atoms with Crippen molar-refractivity contribution < 1.29 is 9.21 Å². The zero-order valence-corrected chi connectivity index (χ0v) is 12.3. The van der Waals surface area contributed by atoms with Crippen LogP contribution in [0.2, 0.25) is 0 Å². The van der Waals surface area contributed by atoms with Crippen molar-refractivity contribution >= 4 is 11.7 Å². The topological polar surface area (TPSA) is 92.9 Å². The molecule has 2 N–H and O–H groups in total. The van der Waals surface area contributed by atoms with Crippen molar-refractivity contribution in [2.75, 3.05) is 5.32 Å². The van der Waals surface area contributed by atoms with E-state index in [0.717, 1.165) is 5.69 Å². The maximum atomic E-state index is 11.9. The lowest BCUT2D eigenvalue weighted by molar-refractivity contribution is 0.0942. The molecule has 0 unspecified atom stereocenters. The molecular weight excluding hydrogens is 294 g/mol. The molecule has 0 fully saturated rings. The van der Waals surface area contributed by atoms with Gasteiger partial charge in [0.05, 0.1) is 25.0 Å². The zero-order valence-electron chi connectivity index (χ0n) is 12.3. The summed E-state index contributed by atoms with van der Waals surface area (Å²) in [4.78, 5) is 16.1. The first kappa shape index (κ1) is 14.7. The van der Waals surface area contributed by atoms with Crippen molar-refractivity contribution in [2.24, 2.45) is 0 Å². The summed E-state index contributed by atoms with van der Waals surface area (Å²) in [6.07, 6.45) is 3.29. The Bertz CT molecular complexity index is 742. The van der Waals surface area contributed by atoms with Crippen molar-refractivity contribution in [1.82, 2.24) is 20.5 Å². The van der Waals surface area contributed by atoms with Gasteiger partial charge in [-0.05, 0) is 36.4 Å². The monoisotopic (exact) mass is 309 g/mol. The molecule has 0 aliphatic carbocycles. The van der Waals surface area contributed by atoms with Crippen LogP contribution in [0.25, 0.3) is 0 Å². The number of hydrogen-bond donors (Lipinski definition) is 2. The Balaban J connectivity index is 1.53. The molecule has 116 valence electrons. The first-order chi connectivity index (χ1) is 11.3. The van der Waals surface area contributed by atoms with Crippen molar-refractivity contribution in [2.45, 2.75) is 13.1 Å². The number of anilines is 1. The summed E-state index contributed by atoms with van der Waals surface area (Å²) in [5.41, 5.74) is 1.15. The molecule has 3 heterocycles. The van der Waals surface area contributed by atoms with Crippen molar-refractivity contribution in [3.8, 4) is 0 Å². The number of nitrogens with one attached hydrogen (secondary N) is 2. The molecule has 0 saturated carbocycles. The molecular formula is C16H15N5O2. The fraction of sp³-hybridized carbons (Fsp3) is 0.125. The molecule has 0 bridgehead atoms. The molecule has 0 aliphatic heterocycles. The lowest BCUT2D eigenvalue weighted by Crippen LogP contribution is -2.24. The summed E-state index contributed by atoms with van der Waals surface area (Å²) in [6.45, 7) is 0.854. The van der Waals surface area contributed by atoms with Crippen molar-refractivity contribution in [3.05, 3.63) is 72.1 Å². The van der Waals surface area contributed by atoms with Gasteiger partial charge in [-0.3, -0.25) is 9.78 Å². The molecule has 7 nitrogen and oxygen atoms in total. The second-order valence-corrected chi connectivity index (χ2v) is 4.74. The Labute approximate surface area is 132 Å². The predicted octanol–water partition coefficient (Wildman–Crippen LogP) is 2.01. The number of rotatable bonds is 6. The molecule has 0 aromatic carbocycles. The van der Waals surface area contributed by atoms with E-state index in [-0.39, 0.29) is 11.6 Å². The first-order valence-corrected chi connectivity index (χ1v) is 7.09. The number of carbonyl (C=O) groups is 1. The molecule has 1 amide bonds. The van der Waals surface area contributed by atoms with Crippen LogP contribution in [0, 0.1) is 0 Å². The Kier molecular flexibility index (Phi) is 4.58. The summed E-state index contributed by atoms with van der Waals surface area (Å²) in [7, 11) is 0. The summed E-state index contributed by atoms with van der Waals surface area (Å²) in [5.74, 6) is 0.961. The number of carbonyl (C=O) groups excluding carboxylic acids is 1. The molecule has 0 radical (unpaired) electrons. The second kappa shape index (κ2) is 7.17. The Morgan fingerprint density at radius 2 is 2.00 bits per heavy atom. The van der Waals surface area contributed by atoms with Crippen molar-refractivity contribution in [3.63, 3.8) is 0 Å². The van der Waals surface area contributed by atoms with E-state index in [0.29, 0.717) is 24.7 Å². The minimum absolute atomic E-state index is 0.250. The lowest BCUT2D eigenvalue weighted by Gasteiger charge is -2.05. The summed E-state index contributed by atoms with van der Waals surface area (Å²) >= 11 is 0. The summed E-state index contributed by atoms with van der Waals surface area (Å²) < 4.78 is 5.15. The largest absolute Gasteiger partial charge is 0.467 e. The molecule has 23 heavy (non-hydrogen) atoms. The fourth-order valence-corrected chi connectivity index (χ4v) is 1.90. The van der Waals surface area contributed by atoms with Crippen LogP contribution in [0.5, 0.6) is 0 Å². The van der Waals surface area contributed by atoms with E-state index in [1.165, 1.54) is 0 Å². The molecule has 3 aromatic rings. The molecule has 7 heteroatoms. The van der Waals surface area contributed by atoms with Gasteiger partial charge in [0.2, 0.25) is 0 Å². The molecule has 0 saturated heterocycles. The van der Waals surface area contributed by atoms with E-state index in [9.17, 15) is 4.79 Å². The van der Waals surface area contributed by atoms with Crippen LogP contribution in [0.4, 0.5) is 5.82 Å². The average molecular weight is 309 g/mol. The third kappa shape index (κ3) is 4.13. The average Bonchev–Trinajstić information content (AvgIpc) is 3.13. The van der Waals surface area contributed by atoms with Gasteiger partial charge in [0.25, 0.3) is 5.91 Å². The molecule has 0 spiro atoms. The van der Waals surface area contributed by atoms with Crippen LogP contribution in [0.1, 0.15) is 21.9 Å². The standard InChI is InChI=1S/C16H15N5O2/c22-16(19-11-13-5-3-9-23-13)14-6-7-15(21-20-14)18-10-12-4-1-2-8-17-12/h1-9H,10-11H2,(H,18,21)(H,19,22). The highest BCUT2D eigenvalue weighted by atomic mass is 16.3. The van der Waals surface area contributed by atoms with Crippen molar-refractivity contribution in [1.29, 1.82) is 0 Å². The van der Waals surface area contributed by atoms with Gasteiger partial charge in [0.15, 0.2) is 5.69 Å². The Hall–Kier alpha value is -3.22. The molecule has 3 aromatic heterocycles. The Morgan fingerprint density at radius 3 is 2.70 bits per heavy atom. The third-order valence-corrected chi connectivity index (χ3v) is 3.08. The molecule has 3 rings (SSSR count). The van der Waals surface area contributed by atoms with Crippen LogP contribution >= 0.6 is 0 Å². The maximum Gasteiger partial charge on any atom is 0.272 e. The molecule has 0 atom stereocenters. The number of furan rings is 1. The van der Waals surface area contributed by atoms with Gasteiger partial charge in [-0.1, -0.05) is 6.07 Å². The van der Waals surface area contributed by atoms with Crippen LogP contribution in [-0.2, 0) is 13.1 Å². The van der Waals surface area contributed by atoms with Gasteiger partial charge in [-0.2, -0.15) is 0 Å². The number of nitrogens with zero attached hydrogens (tertiary/aromatic N) is 3. The van der Waals surface area contributed by atoms with Gasteiger partial charge in [-0.25, -0.2) is 0 Å². The number of hydrogen-bond acceptors (Lipinski definition) is 6. The number of amides is 1. The molecule has 0 aliphatic rings. The van der Waals surface area contributed by atoms with E-state index in [1.54, 1.807) is 36.7 Å². The Morgan fingerprint density at radius 1 is 1.04 bits per heavy atom. The fourth-order valence-electron chi connectivity index (χ4n) is 1.90. The van der Waals surface area contributed by atoms with Gasteiger partial charge < -0.3 is 15.1 Å². The smallest absolute Gasteiger partial charge is 0.272 e. The predicted molar refractivity (Wildman–Crippen MR) is 83.5 cm³/mol. The minimum atomic E-state index is -0.301. The van der Waals surface area contributed by atoms with E-state index >= 15 is 0 Å². The number of pyridine rings is 1. The quantitative estimate of drug-likeness (QED) is 0.723. The van der Waals surface area contributed by atoms with Gasteiger partial charge in [-0.15, -0.1) is 10.2 Å². The highest BCUT2D eigenvalue weighted by Gasteiger charge is 2.08. The third-order valence-electron chi connectivity index (χ3n) is 3.08. The first-order valence-electron chi connectivity index (χ1n) is 7.09. The van der Waals surface area contributed by atoms with E-state index in [1.807, 2.05) is 18.2 Å². The zero-order chi connectivity index (χ0) is 15.9. The minimum Gasteiger partial charge on any atom is -0.467 e. The van der Waals surface area contributed by atoms with Gasteiger partial charge in [0, 0.05) is 6.20 Å². The van der Waals surface area contributed by atoms with Gasteiger partial charge >= 0.3 is 0 Å². The highest BCUT2D eigenvalue weighted by molar-refractivity contribution is 5.92. The van der Waals surface area contributed by atoms with Crippen LogP contribution in [-0.4, -0.2) is 21.1 Å². The summed E-state index contributed by atoms with van der Waals surface area (Å²) in [6, 6.07) is 12.6. The maximum absolute atomic E-state index is 11.9. The van der Waals surface area contributed by atoms with Gasteiger partial charge in [0.1, 0.15) is 11.6 Å². The number of aromatic nitrogens is 3. The second-order valence-electron chi connectivity index (χ2n) is 4.74. The van der Waals surface area contributed by atoms with E-state index in [4.69, 9.17) is 4.42 Å². The van der Waals surface area contributed by atoms with E-state index in [2.05, 4.69) is 25.8 Å². The summed E-state index contributed by atoms with van der Waals surface area (Å²) in [5, 5.41) is 13.7. The van der Waals surface area contributed by atoms with Crippen LogP contribution in [0.3, 0.4) is 0 Å².